The summed E-state index contributed by atoms with van der Waals surface area (Å²) >= 11 is 0. The molecule has 0 radical (unpaired) electrons. The van der Waals surface area contributed by atoms with Gasteiger partial charge in [0.05, 0.1) is 13.7 Å². The van der Waals surface area contributed by atoms with Gasteiger partial charge in [-0.3, -0.25) is 0 Å². The van der Waals surface area contributed by atoms with Crippen molar-refractivity contribution in [3.05, 3.63) is 182 Å². The summed E-state index contributed by atoms with van der Waals surface area (Å²) in [7, 11) is 0. The maximum Gasteiger partial charge on any atom is 0.143 e. The summed E-state index contributed by atoms with van der Waals surface area (Å²) in [4.78, 5) is 0. The van der Waals surface area contributed by atoms with E-state index in [1.807, 2.05) is 72.8 Å². The Balaban J connectivity index is 1.36. The Kier molecular flexibility index (Phi) is 4.29. The summed E-state index contributed by atoms with van der Waals surface area (Å²) < 4.78 is 94.4. The van der Waals surface area contributed by atoms with Gasteiger partial charge in [-0.15, -0.1) is 0 Å². The van der Waals surface area contributed by atoms with E-state index in [4.69, 9.17) is 15.7 Å². The van der Waals surface area contributed by atoms with Gasteiger partial charge in [0.2, 0.25) is 0 Å². The molecule has 11 rings (SSSR count). The van der Waals surface area contributed by atoms with Crippen molar-refractivity contribution in [2.45, 2.75) is 0 Å². The van der Waals surface area contributed by atoms with Gasteiger partial charge in [0.1, 0.15) is 11.5 Å². The quantitative estimate of drug-likeness (QED) is 0.136. The first-order valence-corrected chi connectivity index (χ1v) is 16.8. The lowest BCUT2D eigenvalue weighted by molar-refractivity contribution is 0.493. The zero-order valence-electron chi connectivity index (χ0n) is 37.0. The van der Waals surface area contributed by atoms with E-state index in [-0.39, 0.29) is 35.3 Å². The predicted molar refractivity (Wildman–Crippen MR) is 216 cm³/mol. The highest BCUT2D eigenvalue weighted by Gasteiger charge is 2.26. The Morgan fingerprint density at radius 1 is 0.373 bits per heavy atom. The molecule has 1 heteroatoms. The average molecular weight is 657 g/mol. The summed E-state index contributed by atoms with van der Waals surface area (Å²) in [5.74, 6) is 1.52. The fraction of sp³-hybridized carbons (Fsp3) is 0. The highest BCUT2D eigenvalue weighted by atomic mass is 16.5. The first-order valence-electron chi connectivity index (χ1n) is 21.8. The molecular formula is C50H30O. The molecular weight excluding hydrogens is 617 g/mol. The average Bonchev–Trinajstić information content (AvgIpc) is 3.29. The molecule has 0 saturated heterocycles. The highest BCUT2D eigenvalue weighted by Crippen LogP contribution is 2.54. The smallest absolute Gasteiger partial charge is 0.143 e. The Labute approximate surface area is 309 Å². The van der Waals surface area contributed by atoms with Gasteiger partial charge in [0, 0.05) is 16.3 Å². The fourth-order valence-corrected chi connectivity index (χ4v) is 8.15. The van der Waals surface area contributed by atoms with Gasteiger partial charge in [-0.05, 0) is 94.2 Å². The second-order valence-electron chi connectivity index (χ2n) is 12.8. The molecule has 0 N–H and O–H groups in total. The molecule has 0 aliphatic carbocycles. The van der Waals surface area contributed by atoms with E-state index >= 15 is 0 Å². The minimum absolute atomic E-state index is 0.0337. The lowest BCUT2D eigenvalue weighted by Crippen LogP contribution is -2.00. The van der Waals surface area contributed by atoms with E-state index in [0.717, 1.165) is 66.1 Å². The van der Waals surface area contributed by atoms with Crippen LogP contribution in [-0.4, -0.2) is 0 Å². The molecule has 1 heterocycles. The molecule has 236 valence electrons. The molecule has 0 saturated carbocycles. The molecule has 10 aromatic rings. The molecule has 1 nitrogen and oxygen atoms in total. The van der Waals surface area contributed by atoms with E-state index in [9.17, 15) is 2.74 Å². The minimum atomic E-state index is -0.503. The van der Waals surface area contributed by atoms with E-state index in [2.05, 4.69) is 36.4 Å². The summed E-state index contributed by atoms with van der Waals surface area (Å²) in [6.45, 7) is 0. The van der Waals surface area contributed by atoms with Crippen LogP contribution in [0.4, 0.5) is 0 Å². The Morgan fingerprint density at radius 2 is 0.961 bits per heavy atom. The third-order valence-electron chi connectivity index (χ3n) is 10.2. The second-order valence-corrected chi connectivity index (χ2v) is 12.8. The number of fused-ring (bicyclic) bond motifs is 8. The molecule has 0 unspecified atom stereocenters. The molecule has 0 spiro atoms. The van der Waals surface area contributed by atoms with Crippen molar-refractivity contribution >= 4 is 53.9 Å². The first kappa shape index (κ1) is 20.1. The maximum atomic E-state index is 9.28. The third kappa shape index (κ3) is 4.09. The summed E-state index contributed by atoms with van der Waals surface area (Å²) in [6.07, 6.45) is 0. The molecule has 0 bridgehead atoms. The normalized spacial score (nSPS) is 14.8. The Bertz CT molecular complexity index is 3570. The van der Waals surface area contributed by atoms with Crippen molar-refractivity contribution in [1.29, 1.82) is 0 Å². The second kappa shape index (κ2) is 10.9. The number of benzene rings is 10. The van der Waals surface area contributed by atoms with Crippen LogP contribution in [-0.2, 0) is 0 Å². The lowest BCUT2D eigenvalue weighted by atomic mass is 9.81. The van der Waals surface area contributed by atoms with Gasteiger partial charge in [-0.2, -0.15) is 0 Å². The van der Waals surface area contributed by atoms with Crippen molar-refractivity contribution in [3.8, 4) is 56.0 Å². The van der Waals surface area contributed by atoms with E-state index in [1.165, 1.54) is 0 Å². The molecule has 10 aromatic carbocycles. The van der Waals surface area contributed by atoms with Crippen LogP contribution in [0.15, 0.2) is 182 Å². The van der Waals surface area contributed by atoms with Gasteiger partial charge in [-0.25, -0.2) is 0 Å². The maximum absolute atomic E-state index is 9.28. The Hall–Kier alpha value is -6.70. The van der Waals surface area contributed by atoms with Crippen LogP contribution in [0, 0.1) is 0 Å². The van der Waals surface area contributed by atoms with Crippen molar-refractivity contribution in [1.82, 2.24) is 0 Å². The van der Waals surface area contributed by atoms with Gasteiger partial charge < -0.3 is 4.74 Å². The first-order chi connectivity index (χ1) is 29.5. The molecule has 1 aliphatic rings. The van der Waals surface area contributed by atoms with Crippen molar-refractivity contribution in [3.63, 3.8) is 0 Å². The van der Waals surface area contributed by atoms with Crippen molar-refractivity contribution < 1.29 is 18.4 Å². The lowest BCUT2D eigenvalue weighted by Gasteiger charge is -2.25. The van der Waals surface area contributed by atoms with Crippen LogP contribution in [0.2, 0.25) is 0 Å². The van der Waals surface area contributed by atoms with E-state index in [0.29, 0.717) is 32.7 Å². The van der Waals surface area contributed by atoms with Gasteiger partial charge in [0.25, 0.3) is 0 Å². The number of ether oxygens (including phenoxy) is 1. The summed E-state index contributed by atoms with van der Waals surface area (Å²) in [6, 6.07) is 35.2. The largest absolute Gasteiger partial charge is 0.455 e. The topological polar surface area (TPSA) is 9.23 Å². The third-order valence-corrected chi connectivity index (χ3v) is 10.2. The number of rotatable bonds is 3. The summed E-state index contributed by atoms with van der Waals surface area (Å²) in [5, 5.41) is 7.81. The monoisotopic (exact) mass is 656 g/mol. The van der Waals surface area contributed by atoms with Crippen molar-refractivity contribution in [2.75, 3.05) is 0 Å². The summed E-state index contributed by atoms with van der Waals surface area (Å²) in [5.41, 5.74) is 4.59. The minimum Gasteiger partial charge on any atom is -0.455 e. The van der Waals surface area contributed by atoms with Gasteiger partial charge in [0.15, 0.2) is 0 Å². The number of hydrogen-bond donors (Lipinski definition) is 0. The molecule has 51 heavy (non-hydrogen) atoms. The molecule has 1 aliphatic heterocycles. The van der Waals surface area contributed by atoms with Crippen LogP contribution >= 0.6 is 0 Å². The van der Waals surface area contributed by atoms with Crippen LogP contribution in [0.1, 0.15) is 13.7 Å². The molecule has 0 amide bonds. The molecule has 0 aromatic heterocycles. The van der Waals surface area contributed by atoms with Crippen LogP contribution in [0.25, 0.3) is 98.4 Å². The standard InChI is InChI=1S/C50H30O/c1-3-14-31(15-4-1)34-24-13-26-37-36(34)28-29-42-48(39-22-9-8-21-38(39)47(49(37)42)33-16-5-2-6-17-33)43-30-44-40-25-11-18-32-19-12-27-45(46(32)40)51-50(44)41-23-10-7-20-35(41)43/h1-30H/i1D,2D,3D,4D,5D,6D,14D,15D,16D,17D. The predicted octanol–water partition coefficient (Wildman–Crippen LogP) is 14.2. The highest BCUT2D eigenvalue weighted by molar-refractivity contribution is 6.30. The van der Waals surface area contributed by atoms with E-state index < -0.39 is 36.3 Å². The molecule has 0 fully saturated rings. The van der Waals surface area contributed by atoms with Gasteiger partial charge >= 0.3 is 0 Å². The molecule has 0 atom stereocenters. The SMILES string of the molecule is [2H]c1c([2H])c([2H])c(-c2cccc3c2ccc2c(-c4cc5c(c6ccccc46)Oc4cccc6cccc-5c46)c4ccccc4c(-c4c([2H])c([2H])c([2H])c([2H])c4[2H])c23)c([2H])c1[2H]. The number of hydrogen-bond acceptors (Lipinski definition) is 1. The Morgan fingerprint density at radius 3 is 1.75 bits per heavy atom. The zero-order chi connectivity index (χ0) is 42.2. The van der Waals surface area contributed by atoms with E-state index in [1.54, 1.807) is 12.1 Å². The van der Waals surface area contributed by atoms with Gasteiger partial charge in [-0.1, -0.05) is 170 Å². The van der Waals surface area contributed by atoms with Crippen molar-refractivity contribution in [2.24, 2.45) is 0 Å². The van der Waals surface area contributed by atoms with Crippen LogP contribution in [0.5, 0.6) is 11.5 Å². The zero-order valence-corrected chi connectivity index (χ0v) is 27.0. The fourth-order valence-electron chi connectivity index (χ4n) is 8.15. The van der Waals surface area contributed by atoms with Crippen LogP contribution < -0.4 is 4.74 Å². The van der Waals surface area contributed by atoms with Crippen LogP contribution in [0.3, 0.4) is 0 Å².